The fourth-order valence-electron chi connectivity index (χ4n) is 3.10. The molecular formula is C21H21NO. The van der Waals surface area contributed by atoms with E-state index in [2.05, 4.69) is 36.3 Å². The van der Waals surface area contributed by atoms with Gasteiger partial charge >= 0.3 is 0 Å². The SMILES string of the molecule is C=CCn1c(C)c(C(=O)c2ccc(C)cc2)c2cc(C)ccc21. The number of carbonyl (C=O) groups is 1. The Labute approximate surface area is 137 Å². The van der Waals surface area contributed by atoms with Gasteiger partial charge in [0.2, 0.25) is 0 Å². The van der Waals surface area contributed by atoms with E-state index in [1.165, 1.54) is 0 Å². The minimum atomic E-state index is 0.0842. The van der Waals surface area contributed by atoms with Gasteiger partial charge in [-0.15, -0.1) is 6.58 Å². The maximum Gasteiger partial charge on any atom is 0.195 e. The lowest BCUT2D eigenvalue weighted by atomic mass is 9.99. The Morgan fingerprint density at radius 1 is 1.04 bits per heavy atom. The molecule has 23 heavy (non-hydrogen) atoms. The first-order valence-electron chi connectivity index (χ1n) is 7.84. The molecular weight excluding hydrogens is 282 g/mol. The topological polar surface area (TPSA) is 22.0 Å². The minimum absolute atomic E-state index is 0.0842. The Morgan fingerprint density at radius 3 is 2.35 bits per heavy atom. The lowest BCUT2D eigenvalue weighted by Crippen LogP contribution is -2.05. The quantitative estimate of drug-likeness (QED) is 0.492. The second-order valence-corrected chi connectivity index (χ2v) is 6.08. The molecule has 0 N–H and O–H groups in total. The van der Waals surface area contributed by atoms with Crippen LogP contribution in [-0.4, -0.2) is 10.4 Å². The maximum absolute atomic E-state index is 13.1. The van der Waals surface area contributed by atoms with Crippen LogP contribution in [0.2, 0.25) is 0 Å². The van der Waals surface area contributed by atoms with Crippen molar-refractivity contribution < 1.29 is 4.79 Å². The van der Waals surface area contributed by atoms with Crippen molar-refractivity contribution in [3.63, 3.8) is 0 Å². The van der Waals surface area contributed by atoms with Gasteiger partial charge in [-0.3, -0.25) is 4.79 Å². The van der Waals surface area contributed by atoms with Crippen LogP contribution >= 0.6 is 0 Å². The van der Waals surface area contributed by atoms with E-state index in [0.29, 0.717) is 6.54 Å². The van der Waals surface area contributed by atoms with E-state index in [1.54, 1.807) is 0 Å². The Morgan fingerprint density at radius 2 is 1.70 bits per heavy atom. The average molecular weight is 303 g/mol. The normalized spacial score (nSPS) is 10.9. The molecule has 0 aliphatic carbocycles. The lowest BCUT2D eigenvalue weighted by Gasteiger charge is -2.05. The molecule has 3 aromatic rings. The highest BCUT2D eigenvalue weighted by Gasteiger charge is 2.20. The van der Waals surface area contributed by atoms with Gasteiger partial charge in [0.15, 0.2) is 5.78 Å². The van der Waals surface area contributed by atoms with Crippen LogP contribution in [0, 0.1) is 20.8 Å². The van der Waals surface area contributed by atoms with Crippen molar-refractivity contribution in [2.45, 2.75) is 27.3 Å². The molecule has 0 saturated carbocycles. The zero-order valence-corrected chi connectivity index (χ0v) is 13.9. The highest BCUT2D eigenvalue weighted by Crippen LogP contribution is 2.29. The van der Waals surface area contributed by atoms with E-state index in [-0.39, 0.29) is 5.78 Å². The third-order valence-electron chi connectivity index (χ3n) is 4.33. The summed E-state index contributed by atoms with van der Waals surface area (Å²) in [5.74, 6) is 0.0842. The number of fused-ring (bicyclic) bond motifs is 1. The van der Waals surface area contributed by atoms with Gasteiger partial charge in [0.25, 0.3) is 0 Å². The number of hydrogen-bond donors (Lipinski definition) is 0. The summed E-state index contributed by atoms with van der Waals surface area (Å²) < 4.78 is 2.16. The van der Waals surface area contributed by atoms with E-state index in [4.69, 9.17) is 0 Å². The van der Waals surface area contributed by atoms with E-state index in [1.807, 2.05) is 44.2 Å². The fourth-order valence-corrected chi connectivity index (χ4v) is 3.10. The molecule has 0 radical (unpaired) electrons. The van der Waals surface area contributed by atoms with Gasteiger partial charge in [-0.05, 0) is 32.9 Å². The molecule has 2 nitrogen and oxygen atoms in total. The van der Waals surface area contributed by atoms with Crippen LogP contribution in [0.3, 0.4) is 0 Å². The lowest BCUT2D eigenvalue weighted by molar-refractivity contribution is 0.103. The number of aryl methyl sites for hydroxylation is 2. The number of aromatic nitrogens is 1. The molecule has 0 aliphatic heterocycles. The largest absolute Gasteiger partial charge is 0.340 e. The molecule has 0 amide bonds. The van der Waals surface area contributed by atoms with Gasteiger partial charge in [-0.25, -0.2) is 0 Å². The van der Waals surface area contributed by atoms with E-state index < -0.39 is 0 Å². The minimum Gasteiger partial charge on any atom is -0.340 e. The molecule has 2 heteroatoms. The van der Waals surface area contributed by atoms with Gasteiger partial charge in [0, 0.05) is 28.7 Å². The van der Waals surface area contributed by atoms with Gasteiger partial charge in [0.1, 0.15) is 0 Å². The summed E-state index contributed by atoms with van der Waals surface area (Å²) in [6.45, 7) is 10.6. The second-order valence-electron chi connectivity index (χ2n) is 6.08. The zero-order valence-electron chi connectivity index (χ0n) is 13.9. The van der Waals surface area contributed by atoms with Crippen molar-refractivity contribution in [3.05, 3.63) is 83.1 Å². The van der Waals surface area contributed by atoms with Crippen LogP contribution in [0.5, 0.6) is 0 Å². The monoisotopic (exact) mass is 303 g/mol. The highest BCUT2D eigenvalue weighted by atomic mass is 16.1. The van der Waals surface area contributed by atoms with Crippen LogP contribution in [0.4, 0.5) is 0 Å². The summed E-state index contributed by atoms with van der Waals surface area (Å²) in [5, 5.41) is 1.02. The third-order valence-corrected chi connectivity index (χ3v) is 4.33. The van der Waals surface area contributed by atoms with Crippen molar-refractivity contribution in [1.82, 2.24) is 4.57 Å². The Balaban J connectivity index is 2.25. The summed E-state index contributed by atoms with van der Waals surface area (Å²) >= 11 is 0. The van der Waals surface area contributed by atoms with Crippen molar-refractivity contribution >= 4 is 16.7 Å². The van der Waals surface area contributed by atoms with Crippen LogP contribution in [0.15, 0.2) is 55.1 Å². The van der Waals surface area contributed by atoms with Crippen LogP contribution in [0.25, 0.3) is 10.9 Å². The molecule has 1 aromatic heterocycles. The fraction of sp³-hybridized carbons (Fsp3) is 0.190. The maximum atomic E-state index is 13.1. The molecule has 0 bridgehead atoms. The van der Waals surface area contributed by atoms with Crippen molar-refractivity contribution in [3.8, 4) is 0 Å². The molecule has 2 aromatic carbocycles. The first-order chi connectivity index (χ1) is 11.0. The Kier molecular flexibility index (Phi) is 3.91. The molecule has 0 spiro atoms. The van der Waals surface area contributed by atoms with Crippen molar-refractivity contribution in [2.75, 3.05) is 0 Å². The molecule has 0 aliphatic rings. The molecule has 0 unspecified atom stereocenters. The first-order valence-corrected chi connectivity index (χ1v) is 7.84. The van der Waals surface area contributed by atoms with Gasteiger partial charge < -0.3 is 4.57 Å². The molecule has 0 atom stereocenters. The summed E-state index contributed by atoms with van der Waals surface area (Å²) in [6, 6.07) is 14.1. The average Bonchev–Trinajstić information content (AvgIpc) is 2.79. The molecule has 3 rings (SSSR count). The third kappa shape index (κ3) is 2.61. The smallest absolute Gasteiger partial charge is 0.195 e. The van der Waals surface area contributed by atoms with Gasteiger partial charge in [-0.1, -0.05) is 47.5 Å². The van der Waals surface area contributed by atoms with Crippen LogP contribution < -0.4 is 0 Å². The molecule has 116 valence electrons. The molecule has 1 heterocycles. The zero-order chi connectivity index (χ0) is 16.6. The molecule has 0 saturated heterocycles. The number of hydrogen-bond acceptors (Lipinski definition) is 1. The number of benzene rings is 2. The number of rotatable bonds is 4. The predicted octanol–water partition coefficient (Wildman–Crippen LogP) is 4.98. The highest BCUT2D eigenvalue weighted by molar-refractivity contribution is 6.17. The van der Waals surface area contributed by atoms with Gasteiger partial charge in [0.05, 0.1) is 5.56 Å². The number of allylic oxidation sites excluding steroid dienone is 1. The Bertz CT molecular complexity index is 898. The Hall–Kier alpha value is -2.61. The summed E-state index contributed by atoms with van der Waals surface area (Å²) in [5.41, 5.74) is 5.93. The second kappa shape index (κ2) is 5.88. The summed E-state index contributed by atoms with van der Waals surface area (Å²) in [6.07, 6.45) is 1.87. The number of carbonyl (C=O) groups excluding carboxylic acids is 1. The van der Waals surface area contributed by atoms with Crippen LogP contribution in [0.1, 0.15) is 32.7 Å². The number of nitrogens with zero attached hydrogens (tertiary/aromatic N) is 1. The van der Waals surface area contributed by atoms with E-state index >= 15 is 0 Å². The van der Waals surface area contributed by atoms with Crippen molar-refractivity contribution in [1.29, 1.82) is 0 Å². The van der Waals surface area contributed by atoms with E-state index in [9.17, 15) is 4.79 Å². The summed E-state index contributed by atoms with van der Waals surface area (Å²) in [4.78, 5) is 13.1. The van der Waals surface area contributed by atoms with Gasteiger partial charge in [-0.2, -0.15) is 0 Å². The molecule has 0 fully saturated rings. The van der Waals surface area contributed by atoms with E-state index in [0.717, 1.165) is 38.9 Å². The first kappa shape index (κ1) is 15.3. The predicted molar refractivity (Wildman–Crippen MR) is 96.2 cm³/mol. The van der Waals surface area contributed by atoms with Crippen molar-refractivity contribution in [2.24, 2.45) is 0 Å². The summed E-state index contributed by atoms with van der Waals surface area (Å²) in [7, 11) is 0. The van der Waals surface area contributed by atoms with Crippen LogP contribution in [-0.2, 0) is 6.54 Å². The standard InChI is InChI=1S/C21H21NO/c1-5-12-22-16(4)20(18-13-15(3)8-11-19(18)22)21(23)17-9-6-14(2)7-10-17/h5-11,13H,1,12H2,2-4H3. The number of ketones is 1.